The first-order valence-corrected chi connectivity index (χ1v) is 10.1. The van der Waals surface area contributed by atoms with Crippen LogP contribution in [0.25, 0.3) is 0 Å². The number of hydrogen-bond donors (Lipinski definition) is 4. The van der Waals surface area contributed by atoms with Crippen LogP contribution >= 0.6 is 0 Å². The molecule has 0 spiro atoms. The maximum Gasteiger partial charge on any atom is 0.247 e. The van der Waals surface area contributed by atoms with Crippen LogP contribution < -0.4 is 16.0 Å². The highest BCUT2D eigenvalue weighted by atomic mass is 16.3. The van der Waals surface area contributed by atoms with Crippen LogP contribution in [0.2, 0.25) is 0 Å². The van der Waals surface area contributed by atoms with Crippen molar-refractivity contribution >= 4 is 17.4 Å². The number of aliphatic hydroxyl groups is 1. The summed E-state index contributed by atoms with van der Waals surface area (Å²) in [7, 11) is 0. The van der Waals surface area contributed by atoms with Crippen LogP contribution in [-0.2, 0) is 11.2 Å². The fourth-order valence-corrected chi connectivity index (χ4v) is 3.09. The second-order valence-corrected chi connectivity index (χ2v) is 6.93. The zero-order valence-corrected chi connectivity index (χ0v) is 17.1. The van der Waals surface area contributed by atoms with Gasteiger partial charge in [0.15, 0.2) is 0 Å². The van der Waals surface area contributed by atoms with E-state index in [0.29, 0.717) is 24.5 Å². The highest BCUT2D eigenvalue weighted by molar-refractivity contribution is 5.94. The predicted molar refractivity (Wildman–Crippen MR) is 120 cm³/mol. The van der Waals surface area contributed by atoms with Gasteiger partial charge in [-0.2, -0.15) is 5.26 Å². The normalized spacial score (nSPS) is 11.4. The number of nitriles is 1. The van der Waals surface area contributed by atoms with Crippen molar-refractivity contribution in [2.45, 2.75) is 12.5 Å². The Morgan fingerprint density at radius 1 is 1.03 bits per heavy atom. The van der Waals surface area contributed by atoms with E-state index in [2.05, 4.69) is 27.0 Å². The third kappa shape index (κ3) is 6.64. The molecule has 7 nitrogen and oxygen atoms in total. The maximum absolute atomic E-state index is 13.0. The number of nitrogens with zero attached hydrogens (tertiary/aromatic N) is 2. The third-order valence-electron chi connectivity index (χ3n) is 4.70. The first-order chi connectivity index (χ1) is 15.2. The number of carbonyl (C=O) groups is 1. The monoisotopic (exact) mass is 415 g/mol. The van der Waals surface area contributed by atoms with Crippen molar-refractivity contribution in [3.8, 4) is 6.07 Å². The Morgan fingerprint density at radius 2 is 1.81 bits per heavy atom. The summed E-state index contributed by atoms with van der Waals surface area (Å²) in [5.41, 5.74) is 3.35. The van der Waals surface area contributed by atoms with Crippen LogP contribution in [0.5, 0.6) is 0 Å². The molecule has 0 aliphatic carbocycles. The van der Waals surface area contributed by atoms with Gasteiger partial charge in [-0.3, -0.25) is 4.79 Å². The minimum Gasteiger partial charge on any atom is -0.395 e. The van der Waals surface area contributed by atoms with Crippen molar-refractivity contribution in [1.29, 1.82) is 5.26 Å². The molecule has 31 heavy (non-hydrogen) atoms. The number of benzene rings is 2. The van der Waals surface area contributed by atoms with Crippen molar-refractivity contribution < 1.29 is 9.90 Å². The summed E-state index contributed by atoms with van der Waals surface area (Å²) in [5, 5.41) is 27.0. The summed E-state index contributed by atoms with van der Waals surface area (Å²) in [6, 6.07) is 22.1. The number of nitrogens with one attached hydrogen (secondary N) is 3. The van der Waals surface area contributed by atoms with Gasteiger partial charge in [-0.05, 0) is 41.8 Å². The van der Waals surface area contributed by atoms with Crippen LogP contribution in [0.3, 0.4) is 0 Å². The van der Waals surface area contributed by atoms with Crippen molar-refractivity contribution in [1.82, 2.24) is 10.3 Å². The molecule has 0 fully saturated rings. The molecule has 4 N–H and O–H groups in total. The molecule has 0 bridgehead atoms. The molecule has 3 aromatic rings. The average Bonchev–Trinajstić information content (AvgIpc) is 2.82. The van der Waals surface area contributed by atoms with Gasteiger partial charge in [0, 0.05) is 13.1 Å². The summed E-state index contributed by atoms with van der Waals surface area (Å²) in [5.74, 6) is 0.254. The van der Waals surface area contributed by atoms with E-state index in [4.69, 9.17) is 10.4 Å². The van der Waals surface area contributed by atoms with Gasteiger partial charge in [-0.25, -0.2) is 4.98 Å². The van der Waals surface area contributed by atoms with Crippen LogP contribution in [0.15, 0.2) is 72.9 Å². The molecule has 0 radical (unpaired) electrons. The summed E-state index contributed by atoms with van der Waals surface area (Å²) >= 11 is 0. The second-order valence-electron chi connectivity index (χ2n) is 6.93. The third-order valence-corrected chi connectivity index (χ3v) is 4.70. The van der Waals surface area contributed by atoms with Gasteiger partial charge < -0.3 is 21.1 Å². The standard InChI is InChI=1S/C24H25N5O2/c25-16-19-8-6-18(7-9-19)12-13-27-23(20-4-2-1-3-5-20)24(31)29-22-11-10-21(17-28-22)26-14-15-30/h1-11,17,23,26-27,30H,12-15H2,(H,28,29,31)/t23-/m0/s1. The lowest BCUT2D eigenvalue weighted by Gasteiger charge is -2.19. The summed E-state index contributed by atoms with van der Waals surface area (Å²) in [4.78, 5) is 17.3. The van der Waals surface area contributed by atoms with Crippen molar-refractivity contribution in [3.63, 3.8) is 0 Å². The molecule has 0 aliphatic heterocycles. The molecule has 1 atom stereocenters. The first kappa shape index (κ1) is 22.0. The van der Waals surface area contributed by atoms with E-state index in [1.165, 1.54) is 0 Å². The van der Waals surface area contributed by atoms with Gasteiger partial charge in [0.05, 0.1) is 30.1 Å². The molecule has 0 unspecified atom stereocenters. The fourth-order valence-electron chi connectivity index (χ4n) is 3.09. The lowest BCUT2D eigenvalue weighted by Crippen LogP contribution is -2.34. The molecule has 3 rings (SSSR count). The van der Waals surface area contributed by atoms with Crippen molar-refractivity contribution in [2.24, 2.45) is 0 Å². The average molecular weight is 415 g/mol. The van der Waals surface area contributed by atoms with E-state index >= 15 is 0 Å². The van der Waals surface area contributed by atoms with E-state index in [1.54, 1.807) is 30.5 Å². The minimum absolute atomic E-state index is 0.0331. The molecule has 1 aromatic heterocycles. The predicted octanol–water partition coefficient (Wildman–Crippen LogP) is 2.87. The van der Waals surface area contributed by atoms with Gasteiger partial charge in [0.1, 0.15) is 11.9 Å². The molecule has 1 heterocycles. The smallest absolute Gasteiger partial charge is 0.247 e. The molecule has 0 aliphatic rings. The summed E-state index contributed by atoms with van der Waals surface area (Å²) in [6.07, 6.45) is 2.34. The van der Waals surface area contributed by atoms with E-state index in [9.17, 15) is 4.79 Å². The van der Waals surface area contributed by atoms with Crippen molar-refractivity contribution in [2.75, 3.05) is 30.3 Å². The Balaban J connectivity index is 1.64. The molecule has 158 valence electrons. The van der Waals surface area contributed by atoms with Gasteiger partial charge in [-0.1, -0.05) is 42.5 Å². The second kappa shape index (κ2) is 11.5. The van der Waals surface area contributed by atoms with Crippen molar-refractivity contribution in [3.05, 3.63) is 89.6 Å². The largest absolute Gasteiger partial charge is 0.395 e. The number of aromatic nitrogens is 1. The van der Waals surface area contributed by atoms with Crippen LogP contribution in [-0.4, -0.2) is 35.7 Å². The molecule has 7 heteroatoms. The molecular formula is C24H25N5O2. The zero-order chi connectivity index (χ0) is 21.9. The quantitative estimate of drug-likeness (QED) is 0.405. The van der Waals surface area contributed by atoms with E-state index < -0.39 is 6.04 Å². The fraction of sp³-hybridized carbons (Fsp3) is 0.208. The summed E-state index contributed by atoms with van der Waals surface area (Å²) < 4.78 is 0. The maximum atomic E-state index is 13.0. The zero-order valence-electron chi connectivity index (χ0n) is 17.1. The number of aliphatic hydroxyl groups excluding tert-OH is 1. The van der Waals surface area contributed by atoms with Crippen LogP contribution in [0.1, 0.15) is 22.7 Å². The Labute approximate surface area is 181 Å². The Morgan fingerprint density at radius 3 is 2.45 bits per heavy atom. The summed E-state index contributed by atoms with van der Waals surface area (Å²) in [6.45, 7) is 1.06. The Kier molecular flexibility index (Phi) is 8.12. The Bertz CT molecular complexity index is 999. The number of hydrogen-bond acceptors (Lipinski definition) is 6. The van der Waals surface area contributed by atoms with E-state index in [-0.39, 0.29) is 12.5 Å². The number of anilines is 2. The Hall–Kier alpha value is -3.73. The van der Waals surface area contributed by atoms with Gasteiger partial charge in [-0.15, -0.1) is 0 Å². The lowest BCUT2D eigenvalue weighted by atomic mass is 10.1. The number of amides is 1. The highest BCUT2D eigenvalue weighted by Gasteiger charge is 2.20. The molecule has 1 amide bonds. The topological polar surface area (TPSA) is 110 Å². The van der Waals surface area contributed by atoms with Crippen LogP contribution in [0.4, 0.5) is 11.5 Å². The van der Waals surface area contributed by atoms with Gasteiger partial charge in [0.25, 0.3) is 0 Å². The van der Waals surface area contributed by atoms with Gasteiger partial charge in [0.2, 0.25) is 5.91 Å². The SMILES string of the molecule is N#Cc1ccc(CCN[C@H](C(=O)Nc2ccc(NCCO)cn2)c2ccccc2)cc1. The number of rotatable bonds is 10. The number of carbonyl (C=O) groups excluding carboxylic acids is 1. The van der Waals surface area contributed by atoms with Crippen LogP contribution in [0, 0.1) is 11.3 Å². The van der Waals surface area contributed by atoms with E-state index in [1.807, 2.05) is 42.5 Å². The molecule has 0 saturated heterocycles. The minimum atomic E-state index is -0.534. The molecular weight excluding hydrogens is 390 g/mol. The van der Waals surface area contributed by atoms with Gasteiger partial charge >= 0.3 is 0 Å². The first-order valence-electron chi connectivity index (χ1n) is 10.1. The molecule has 2 aromatic carbocycles. The highest BCUT2D eigenvalue weighted by Crippen LogP contribution is 2.16. The lowest BCUT2D eigenvalue weighted by molar-refractivity contribution is -0.118. The van der Waals surface area contributed by atoms with E-state index in [0.717, 1.165) is 23.2 Å². The number of pyridine rings is 1. The molecule has 0 saturated carbocycles.